The van der Waals surface area contributed by atoms with Gasteiger partial charge in [-0.3, -0.25) is 13.9 Å². The fourth-order valence-electron chi connectivity index (χ4n) is 6.32. The number of nitrogens with one attached hydrogen (secondary N) is 1. The van der Waals surface area contributed by atoms with Crippen molar-refractivity contribution in [3.63, 3.8) is 0 Å². The average Bonchev–Trinajstić information content (AvgIpc) is 3.11. The Balaban J connectivity index is 1.58. The lowest BCUT2D eigenvalue weighted by Gasteiger charge is -2.35. The first-order valence-electron chi connectivity index (χ1n) is 17.2. The van der Waals surface area contributed by atoms with Crippen LogP contribution in [0.3, 0.4) is 0 Å². The number of carbonyl (C=O) groups is 2. The van der Waals surface area contributed by atoms with E-state index in [0.29, 0.717) is 21.3 Å². The highest BCUT2D eigenvalue weighted by Gasteiger charge is 2.35. The molecule has 10 heteroatoms. The molecular weight excluding hydrogens is 689 g/mol. The molecule has 1 unspecified atom stereocenters. The molecule has 0 spiro atoms. The second-order valence-corrected chi connectivity index (χ2v) is 16.1. The second-order valence-electron chi connectivity index (χ2n) is 13.4. The van der Waals surface area contributed by atoms with E-state index in [1.165, 1.54) is 4.90 Å². The normalized spacial score (nSPS) is 14.3. The van der Waals surface area contributed by atoms with Crippen LogP contribution in [0.1, 0.15) is 74.1 Å². The van der Waals surface area contributed by atoms with Gasteiger partial charge in [0.05, 0.1) is 20.6 Å². The van der Waals surface area contributed by atoms with E-state index in [2.05, 4.69) is 19.2 Å². The van der Waals surface area contributed by atoms with E-state index in [0.717, 1.165) is 53.1 Å². The van der Waals surface area contributed by atoms with Crippen molar-refractivity contribution in [3.8, 4) is 0 Å². The summed E-state index contributed by atoms with van der Waals surface area (Å²) in [7, 11) is -4.20. The molecule has 1 fully saturated rings. The molecule has 0 aliphatic heterocycles. The summed E-state index contributed by atoms with van der Waals surface area (Å²) in [5.41, 5.74) is 3.83. The predicted molar refractivity (Wildman–Crippen MR) is 202 cm³/mol. The first-order chi connectivity index (χ1) is 23.9. The van der Waals surface area contributed by atoms with Gasteiger partial charge in [0.1, 0.15) is 12.6 Å². The lowest BCUT2D eigenvalue weighted by Crippen LogP contribution is -2.55. The third kappa shape index (κ3) is 9.47. The van der Waals surface area contributed by atoms with Crippen LogP contribution in [0.5, 0.6) is 0 Å². The summed E-state index contributed by atoms with van der Waals surface area (Å²) in [6.07, 6.45) is 5.17. The molecule has 0 heterocycles. The molecule has 1 aliphatic carbocycles. The molecule has 264 valence electrons. The Bertz CT molecular complexity index is 1860. The minimum absolute atomic E-state index is 0.00865. The minimum Gasteiger partial charge on any atom is -0.352 e. The number of benzene rings is 4. The summed E-state index contributed by atoms with van der Waals surface area (Å²) < 4.78 is 29.9. The molecule has 50 heavy (non-hydrogen) atoms. The molecule has 0 radical (unpaired) electrons. The van der Waals surface area contributed by atoms with Crippen LogP contribution in [-0.2, 0) is 32.6 Å². The number of hydrogen-bond acceptors (Lipinski definition) is 4. The second kappa shape index (κ2) is 16.9. The average molecular weight is 735 g/mol. The summed E-state index contributed by atoms with van der Waals surface area (Å²) in [5.74, 6) is -0.571. The number of halogens is 2. The molecule has 2 amide bonds. The largest absolute Gasteiger partial charge is 0.352 e. The zero-order valence-electron chi connectivity index (χ0n) is 28.8. The number of rotatable bonds is 13. The SMILES string of the molecule is Cc1ccc(S(=O)(=O)N(CC(=O)N(Cc2ccc(Cl)c(Cl)c2)C(Cc2ccccc2)C(=O)NC2CCCCC2)c2ccc(C(C)C)cc2)cc1. The zero-order chi connectivity index (χ0) is 35.8. The van der Waals surface area contributed by atoms with Gasteiger partial charge in [-0.1, -0.05) is 123 Å². The number of nitrogens with zero attached hydrogens (tertiary/aromatic N) is 2. The van der Waals surface area contributed by atoms with Crippen molar-refractivity contribution in [2.24, 2.45) is 0 Å². The van der Waals surface area contributed by atoms with Gasteiger partial charge in [0.2, 0.25) is 11.8 Å². The Labute approximate surface area is 306 Å². The van der Waals surface area contributed by atoms with Crippen LogP contribution in [0.2, 0.25) is 10.0 Å². The zero-order valence-corrected chi connectivity index (χ0v) is 31.1. The Morgan fingerprint density at radius 2 is 1.48 bits per heavy atom. The molecule has 1 N–H and O–H groups in total. The lowest BCUT2D eigenvalue weighted by atomic mass is 9.94. The summed E-state index contributed by atoms with van der Waals surface area (Å²) in [6, 6.07) is 27.5. The van der Waals surface area contributed by atoms with Crippen molar-refractivity contribution < 1.29 is 18.0 Å². The standard InChI is InChI=1S/C40H45Cl2N3O4S/c1-28(2)32-17-19-34(20-18-32)45(50(48,49)35-21-14-29(3)15-22-35)27-39(46)44(26-31-16-23-36(41)37(42)24-31)38(25-30-10-6-4-7-11-30)40(47)43-33-12-8-5-9-13-33/h4,6-7,10-11,14-24,28,33,38H,5,8-9,12-13,25-27H2,1-3H3,(H,43,47). The molecule has 7 nitrogen and oxygen atoms in total. The van der Waals surface area contributed by atoms with Gasteiger partial charge in [-0.25, -0.2) is 8.42 Å². The van der Waals surface area contributed by atoms with Crippen molar-refractivity contribution in [2.45, 2.75) is 88.7 Å². The van der Waals surface area contributed by atoms with Crippen molar-refractivity contribution in [1.29, 1.82) is 0 Å². The number of carbonyl (C=O) groups excluding carboxylic acids is 2. The Hall–Kier alpha value is -3.85. The maximum Gasteiger partial charge on any atom is 0.264 e. The van der Waals surface area contributed by atoms with Crippen molar-refractivity contribution in [2.75, 3.05) is 10.8 Å². The summed E-state index contributed by atoms with van der Waals surface area (Å²) in [4.78, 5) is 30.7. The van der Waals surface area contributed by atoms with Gasteiger partial charge >= 0.3 is 0 Å². The van der Waals surface area contributed by atoms with Crippen molar-refractivity contribution in [3.05, 3.63) is 129 Å². The van der Waals surface area contributed by atoms with E-state index in [4.69, 9.17) is 23.2 Å². The number of sulfonamides is 1. The van der Waals surface area contributed by atoms with E-state index in [1.54, 1.807) is 54.6 Å². The lowest BCUT2D eigenvalue weighted by molar-refractivity contribution is -0.140. The molecule has 0 saturated heterocycles. The van der Waals surface area contributed by atoms with Gasteiger partial charge in [0, 0.05) is 19.0 Å². The molecule has 1 atom stereocenters. The molecule has 4 aromatic carbocycles. The summed E-state index contributed by atoms with van der Waals surface area (Å²) >= 11 is 12.7. The van der Waals surface area contributed by atoms with Crippen LogP contribution >= 0.6 is 23.2 Å². The maximum atomic E-state index is 14.8. The van der Waals surface area contributed by atoms with Gasteiger partial charge in [-0.05, 0) is 78.8 Å². The molecule has 1 saturated carbocycles. The Morgan fingerprint density at radius 3 is 2.10 bits per heavy atom. The van der Waals surface area contributed by atoms with E-state index in [9.17, 15) is 18.0 Å². The van der Waals surface area contributed by atoms with Gasteiger partial charge < -0.3 is 10.2 Å². The number of hydrogen-bond donors (Lipinski definition) is 1. The van der Waals surface area contributed by atoms with Gasteiger partial charge in [-0.2, -0.15) is 0 Å². The first-order valence-corrected chi connectivity index (χ1v) is 19.4. The summed E-state index contributed by atoms with van der Waals surface area (Å²) in [5, 5.41) is 3.91. The Morgan fingerprint density at radius 1 is 0.820 bits per heavy atom. The van der Waals surface area contributed by atoms with Gasteiger partial charge in [0.25, 0.3) is 10.0 Å². The van der Waals surface area contributed by atoms with Crippen LogP contribution in [0, 0.1) is 6.92 Å². The minimum atomic E-state index is -4.20. The molecule has 5 rings (SSSR count). The number of aryl methyl sites for hydroxylation is 1. The molecule has 0 aromatic heterocycles. The van der Waals surface area contributed by atoms with Crippen LogP contribution in [0.4, 0.5) is 5.69 Å². The van der Waals surface area contributed by atoms with Crippen LogP contribution in [0.25, 0.3) is 0 Å². The quantitative estimate of drug-likeness (QED) is 0.149. The smallest absolute Gasteiger partial charge is 0.264 e. The van der Waals surface area contributed by atoms with Crippen molar-refractivity contribution in [1.82, 2.24) is 10.2 Å². The summed E-state index contributed by atoms with van der Waals surface area (Å²) in [6.45, 7) is 5.49. The first kappa shape index (κ1) is 37.4. The molecule has 4 aromatic rings. The fraction of sp³-hybridized carbons (Fsp3) is 0.350. The number of amides is 2. The third-order valence-corrected chi connectivity index (χ3v) is 11.8. The van der Waals surface area contributed by atoms with E-state index in [-0.39, 0.29) is 35.7 Å². The molecular formula is C40H45Cl2N3O4S. The van der Waals surface area contributed by atoms with E-state index >= 15 is 0 Å². The highest BCUT2D eigenvalue weighted by atomic mass is 35.5. The van der Waals surface area contributed by atoms with Crippen LogP contribution < -0.4 is 9.62 Å². The maximum absolute atomic E-state index is 14.8. The van der Waals surface area contributed by atoms with Crippen molar-refractivity contribution >= 4 is 50.7 Å². The van der Waals surface area contributed by atoms with Crippen LogP contribution in [0.15, 0.2) is 102 Å². The highest BCUT2D eigenvalue weighted by Crippen LogP contribution is 2.29. The van der Waals surface area contributed by atoms with Gasteiger partial charge in [0.15, 0.2) is 0 Å². The predicted octanol–water partition coefficient (Wildman–Crippen LogP) is 8.71. The van der Waals surface area contributed by atoms with Gasteiger partial charge in [-0.15, -0.1) is 0 Å². The molecule has 1 aliphatic rings. The topological polar surface area (TPSA) is 86.8 Å². The highest BCUT2D eigenvalue weighted by molar-refractivity contribution is 7.92. The number of anilines is 1. The molecule has 0 bridgehead atoms. The van der Waals surface area contributed by atoms with E-state index < -0.39 is 28.5 Å². The Kier molecular flexibility index (Phi) is 12.6. The van der Waals surface area contributed by atoms with E-state index in [1.807, 2.05) is 49.4 Å². The monoisotopic (exact) mass is 733 g/mol. The third-order valence-electron chi connectivity index (χ3n) is 9.30. The van der Waals surface area contributed by atoms with Crippen LogP contribution in [-0.4, -0.2) is 43.8 Å². The fourth-order valence-corrected chi connectivity index (χ4v) is 8.06.